The summed E-state index contributed by atoms with van der Waals surface area (Å²) in [5.41, 5.74) is 2.94. The summed E-state index contributed by atoms with van der Waals surface area (Å²) in [6.45, 7) is 2.47. The van der Waals surface area contributed by atoms with Gasteiger partial charge in [-0.15, -0.1) is 0 Å². The Morgan fingerprint density at radius 1 is 1.08 bits per heavy atom. The van der Waals surface area contributed by atoms with Crippen molar-refractivity contribution in [2.75, 3.05) is 5.32 Å². The van der Waals surface area contributed by atoms with Crippen molar-refractivity contribution in [3.05, 3.63) is 88.4 Å². The van der Waals surface area contributed by atoms with Crippen LogP contribution in [-0.4, -0.2) is 11.0 Å². The van der Waals surface area contributed by atoms with Crippen molar-refractivity contribution >= 4 is 23.2 Å². The maximum absolute atomic E-state index is 12.3. The molecule has 0 aliphatic rings. The van der Waals surface area contributed by atoms with E-state index in [1.165, 1.54) is 23.8 Å². The van der Waals surface area contributed by atoms with Gasteiger partial charge in [-0.2, -0.15) is 0 Å². The molecule has 5 heteroatoms. The second-order valence-electron chi connectivity index (χ2n) is 5.92. The molecule has 0 aliphatic carbocycles. The molecule has 1 amide bonds. The van der Waals surface area contributed by atoms with Crippen molar-refractivity contribution in [1.29, 1.82) is 0 Å². The number of benzene rings is 3. The molecule has 0 spiro atoms. The number of aromatic hydroxyl groups is 1. The predicted molar refractivity (Wildman–Crippen MR) is 103 cm³/mol. The highest BCUT2D eigenvalue weighted by molar-refractivity contribution is 6.31. The van der Waals surface area contributed by atoms with E-state index in [1.807, 2.05) is 37.3 Å². The number of phenolic OH excluding ortho intramolecular Hbond substituents is 1. The van der Waals surface area contributed by atoms with Gasteiger partial charge in [0.15, 0.2) is 0 Å². The number of aryl methyl sites for hydroxylation is 1. The largest absolute Gasteiger partial charge is 0.507 e. The molecule has 26 heavy (non-hydrogen) atoms. The zero-order valence-corrected chi connectivity index (χ0v) is 15.0. The lowest BCUT2D eigenvalue weighted by atomic mass is 10.1. The Balaban J connectivity index is 1.68. The molecule has 0 bridgehead atoms. The van der Waals surface area contributed by atoms with E-state index >= 15 is 0 Å². The monoisotopic (exact) mass is 367 g/mol. The Morgan fingerprint density at radius 3 is 2.62 bits per heavy atom. The number of anilines is 1. The highest BCUT2D eigenvalue weighted by atomic mass is 35.5. The van der Waals surface area contributed by atoms with Gasteiger partial charge in [-0.05, 0) is 42.8 Å². The highest BCUT2D eigenvalue weighted by Gasteiger charge is 2.12. The van der Waals surface area contributed by atoms with Gasteiger partial charge in [-0.1, -0.05) is 47.5 Å². The third-order valence-electron chi connectivity index (χ3n) is 3.82. The lowest BCUT2D eigenvalue weighted by Crippen LogP contribution is -2.12. The number of nitrogens with one attached hydrogen (secondary N) is 1. The fourth-order valence-electron chi connectivity index (χ4n) is 2.40. The smallest absolute Gasteiger partial charge is 0.259 e. The molecule has 0 radical (unpaired) electrons. The minimum atomic E-state index is -0.444. The van der Waals surface area contributed by atoms with E-state index in [0.717, 1.165) is 5.56 Å². The van der Waals surface area contributed by atoms with E-state index in [-0.39, 0.29) is 11.3 Å². The second kappa shape index (κ2) is 7.93. The van der Waals surface area contributed by atoms with Crippen LogP contribution in [0.5, 0.6) is 11.5 Å². The van der Waals surface area contributed by atoms with Crippen LogP contribution in [0.2, 0.25) is 5.02 Å². The van der Waals surface area contributed by atoms with Crippen molar-refractivity contribution in [1.82, 2.24) is 0 Å². The van der Waals surface area contributed by atoms with E-state index < -0.39 is 5.91 Å². The van der Waals surface area contributed by atoms with Crippen LogP contribution in [0.4, 0.5) is 5.69 Å². The van der Waals surface area contributed by atoms with Crippen LogP contribution in [-0.2, 0) is 6.61 Å². The highest BCUT2D eigenvalue weighted by Crippen LogP contribution is 2.24. The lowest BCUT2D eigenvalue weighted by Gasteiger charge is -2.10. The summed E-state index contributed by atoms with van der Waals surface area (Å²) in [4.78, 5) is 12.3. The number of ether oxygens (including phenoxy) is 1. The van der Waals surface area contributed by atoms with Gasteiger partial charge in [0.1, 0.15) is 18.1 Å². The summed E-state index contributed by atoms with van der Waals surface area (Å²) in [5, 5.41) is 12.9. The summed E-state index contributed by atoms with van der Waals surface area (Å²) in [6, 6.07) is 19.5. The number of carbonyl (C=O) groups is 1. The Labute approximate surface area is 157 Å². The van der Waals surface area contributed by atoms with Crippen LogP contribution in [0, 0.1) is 6.92 Å². The molecule has 0 aromatic heterocycles. The maximum Gasteiger partial charge on any atom is 0.259 e. The van der Waals surface area contributed by atoms with Gasteiger partial charge in [-0.25, -0.2) is 0 Å². The first-order valence-corrected chi connectivity index (χ1v) is 8.47. The van der Waals surface area contributed by atoms with Crippen LogP contribution in [0.15, 0.2) is 66.7 Å². The van der Waals surface area contributed by atoms with Gasteiger partial charge < -0.3 is 15.2 Å². The zero-order chi connectivity index (χ0) is 18.5. The third kappa shape index (κ3) is 4.55. The minimum absolute atomic E-state index is 0.114. The van der Waals surface area contributed by atoms with Crippen LogP contribution in [0.25, 0.3) is 0 Å². The molecule has 4 nitrogen and oxygen atoms in total. The van der Waals surface area contributed by atoms with Gasteiger partial charge in [0.25, 0.3) is 5.91 Å². The topological polar surface area (TPSA) is 58.6 Å². The Morgan fingerprint density at radius 2 is 1.85 bits per heavy atom. The molecule has 0 aliphatic heterocycles. The Hall–Kier alpha value is -2.98. The average Bonchev–Trinajstić information content (AvgIpc) is 2.63. The third-order valence-corrected chi connectivity index (χ3v) is 4.06. The second-order valence-corrected chi connectivity index (χ2v) is 6.35. The van der Waals surface area contributed by atoms with Gasteiger partial charge in [-0.3, -0.25) is 4.79 Å². The Kier molecular flexibility index (Phi) is 5.44. The normalized spacial score (nSPS) is 10.4. The molecular weight excluding hydrogens is 350 g/mol. The lowest BCUT2D eigenvalue weighted by molar-refractivity contribution is 0.102. The van der Waals surface area contributed by atoms with E-state index in [4.69, 9.17) is 16.3 Å². The van der Waals surface area contributed by atoms with Crippen LogP contribution in [0.3, 0.4) is 0 Å². The van der Waals surface area contributed by atoms with Crippen LogP contribution in [0.1, 0.15) is 21.5 Å². The molecule has 3 aromatic carbocycles. The molecule has 3 rings (SSSR count). The van der Waals surface area contributed by atoms with E-state index in [1.54, 1.807) is 18.2 Å². The minimum Gasteiger partial charge on any atom is -0.507 e. The maximum atomic E-state index is 12.3. The summed E-state index contributed by atoms with van der Waals surface area (Å²) in [6.07, 6.45) is 0. The van der Waals surface area contributed by atoms with Gasteiger partial charge in [0, 0.05) is 16.8 Å². The number of hydrogen-bond donors (Lipinski definition) is 2. The summed E-state index contributed by atoms with van der Waals surface area (Å²) < 4.78 is 5.78. The molecule has 0 fully saturated rings. The quantitative estimate of drug-likeness (QED) is 0.652. The van der Waals surface area contributed by atoms with Crippen molar-refractivity contribution < 1.29 is 14.6 Å². The molecule has 0 saturated heterocycles. The fraction of sp³-hybridized carbons (Fsp3) is 0.0952. The molecule has 132 valence electrons. The number of rotatable bonds is 5. The molecule has 0 atom stereocenters. The summed E-state index contributed by atoms with van der Waals surface area (Å²) in [5.74, 6) is 0.0676. The van der Waals surface area contributed by atoms with Crippen molar-refractivity contribution in [2.24, 2.45) is 0 Å². The Bertz CT molecular complexity index is 923. The number of hydrogen-bond acceptors (Lipinski definition) is 3. The van der Waals surface area contributed by atoms with Crippen molar-refractivity contribution in [3.63, 3.8) is 0 Å². The van der Waals surface area contributed by atoms with Gasteiger partial charge in [0.2, 0.25) is 0 Å². The van der Waals surface area contributed by atoms with E-state index in [0.29, 0.717) is 23.1 Å². The fourth-order valence-corrected chi connectivity index (χ4v) is 2.58. The molecule has 0 heterocycles. The van der Waals surface area contributed by atoms with E-state index in [2.05, 4.69) is 5.32 Å². The van der Waals surface area contributed by atoms with Gasteiger partial charge in [0.05, 0.1) is 5.56 Å². The predicted octanol–water partition coefficient (Wildman–Crippen LogP) is 5.19. The van der Waals surface area contributed by atoms with E-state index in [9.17, 15) is 9.90 Å². The number of halogens is 1. The number of amides is 1. The number of carbonyl (C=O) groups excluding carboxylic acids is 1. The van der Waals surface area contributed by atoms with Crippen molar-refractivity contribution in [2.45, 2.75) is 13.5 Å². The SMILES string of the molecule is Cc1ccc(COc2cccc(NC(=O)c3cc(Cl)ccc3O)c2)cc1. The summed E-state index contributed by atoms with van der Waals surface area (Å²) >= 11 is 5.89. The molecular formula is C21H18ClNO3. The zero-order valence-electron chi connectivity index (χ0n) is 14.2. The average molecular weight is 368 g/mol. The van der Waals surface area contributed by atoms with Crippen LogP contribution < -0.4 is 10.1 Å². The number of phenols is 1. The molecule has 2 N–H and O–H groups in total. The molecule has 3 aromatic rings. The molecule has 0 unspecified atom stereocenters. The summed E-state index contributed by atoms with van der Waals surface area (Å²) in [7, 11) is 0. The first-order chi connectivity index (χ1) is 12.5. The first-order valence-electron chi connectivity index (χ1n) is 8.09. The van der Waals surface area contributed by atoms with Crippen LogP contribution >= 0.6 is 11.6 Å². The van der Waals surface area contributed by atoms with Gasteiger partial charge >= 0.3 is 0 Å². The first kappa shape index (κ1) is 17.8. The van der Waals surface area contributed by atoms with Crippen molar-refractivity contribution in [3.8, 4) is 11.5 Å². The molecule has 0 saturated carbocycles. The standard InChI is InChI=1S/C21H18ClNO3/c1-14-5-7-15(8-6-14)13-26-18-4-2-3-17(12-18)23-21(25)19-11-16(22)9-10-20(19)24/h2-12,24H,13H2,1H3,(H,23,25).